The molecule has 0 radical (unpaired) electrons. The van der Waals surface area contributed by atoms with Crippen LogP contribution in [0.25, 0.3) is 10.9 Å². The number of nitrogens with one attached hydrogen (secondary N) is 1. The Balaban J connectivity index is 1.91. The first-order chi connectivity index (χ1) is 11.1. The fourth-order valence-corrected chi connectivity index (χ4v) is 3.22. The topological polar surface area (TPSA) is 75.0 Å². The summed E-state index contributed by atoms with van der Waals surface area (Å²) in [7, 11) is 0. The first kappa shape index (κ1) is 16.2. The van der Waals surface area contributed by atoms with Gasteiger partial charge in [0.1, 0.15) is 11.2 Å². The second-order valence-corrected chi connectivity index (χ2v) is 6.64. The Kier molecular flexibility index (Phi) is 4.53. The van der Waals surface area contributed by atoms with Gasteiger partial charge in [-0.25, -0.2) is 4.98 Å². The number of hydrogen-bond donors (Lipinski definition) is 1. The first-order valence-corrected chi connectivity index (χ1v) is 8.28. The number of hydrogen-bond acceptors (Lipinski definition) is 4. The molecule has 0 aliphatic carbocycles. The van der Waals surface area contributed by atoms with E-state index < -0.39 is 5.41 Å². The highest BCUT2D eigenvalue weighted by Crippen LogP contribution is 2.33. The monoisotopic (exact) mass is 393 g/mol. The minimum Gasteiger partial charge on any atom is -0.381 e. The van der Waals surface area contributed by atoms with Gasteiger partial charge in [-0.05, 0) is 37.1 Å². The summed E-state index contributed by atoms with van der Waals surface area (Å²) in [6.45, 7) is 0.815. The van der Waals surface area contributed by atoms with Gasteiger partial charge in [-0.1, -0.05) is 27.5 Å². The van der Waals surface area contributed by atoms with Gasteiger partial charge in [-0.3, -0.25) is 4.79 Å². The van der Waals surface area contributed by atoms with Crippen molar-refractivity contribution in [1.82, 2.24) is 4.98 Å². The number of benzene rings is 1. The molecule has 1 N–H and O–H groups in total. The van der Waals surface area contributed by atoms with Crippen molar-refractivity contribution in [2.75, 3.05) is 18.5 Å². The average molecular weight is 395 g/mol. The fraction of sp³-hybridized carbons (Fsp3) is 0.312. The Hall–Kier alpha value is -1.68. The number of ether oxygens (including phenoxy) is 1. The molecule has 0 bridgehead atoms. The molecule has 0 atom stereocenters. The van der Waals surface area contributed by atoms with E-state index in [1.54, 1.807) is 12.1 Å². The van der Waals surface area contributed by atoms with E-state index in [1.165, 1.54) is 0 Å². The van der Waals surface area contributed by atoms with Crippen LogP contribution in [-0.2, 0) is 9.53 Å². The van der Waals surface area contributed by atoms with Crippen molar-refractivity contribution in [3.8, 4) is 6.07 Å². The molecule has 0 unspecified atom stereocenters. The maximum atomic E-state index is 12.5. The number of fused-ring (bicyclic) bond motifs is 1. The lowest BCUT2D eigenvalue weighted by Crippen LogP contribution is -2.40. The molecule has 3 rings (SSSR count). The van der Waals surface area contributed by atoms with Gasteiger partial charge in [0, 0.05) is 23.1 Å². The molecule has 2 heterocycles. The van der Waals surface area contributed by atoms with E-state index in [-0.39, 0.29) is 5.91 Å². The molecule has 23 heavy (non-hydrogen) atoms. The van der Waals surface area contributed by atoms with E-state index in [0.717, 1.165) is 9.86 Å². The Morgan fingerprint density at radius 2 is 2.09 bits per heavy atom. The molecule has 7 heteroatoms. The number of nitriles is 1. The van der Waals surface area contributed by atoms with E-state index in [4.69, 9.17) is 16.3 Å². The summed E-state index contributed by atoms with van der Waals surface area (Å²) >= 11 is 9.62. The van der Waals surface area contributed by atoms with Crippen molar-refractivity contribution in [1.29, 1.82) is 5.26 Å². The molecule has 1 amide bonds. The SMILES string of the molecule is N#CC1(C(=O)Nc2ccc3c(Br)ccc(Cl)c3n2)CCOCC1. The minimum atomic E-state index is -1.06. The van der Waals surface area contributed by atoms with Crippen LogP contribution < -0.4 is 5.32 Å². The van der Waals surface area contributed by atoms with Crippen molar-refractivity contribution in [2.24, 2.45) is 5.41 Å². The maximum Gasteiger partial charge on any atom is 0.246 e. The summed E-state index contributed by atoms with van der Waals surface area (Å²) in [6.07, 6.45) is 0.768. The quantitative estimate of drug-likeness (QED) is 0.838. The second-order valence-electron chi connectivity index (χ2n) is 5.38. The molecular formula is C16H13BrClN3O2. The van der Waals surface area contributed by atoms with Gasteiger partial charge in [0.15, 0.2) is 0 Å². The number of pyridine rings is 1. The Morgan fingerprint density at radius 1 is 1.35 bits per heavy atom. The predicted molar refractivity (Wildman–Crippen MR) is 91.2 cm³/mol. The largest absolute Gasteiger partial charge is 0.381 e. The first-order valence-electron chi connectivity index (χ1n) is 7.11. The number of halogens is 2. The highest BCUT2D eigenvalue weighted by Gasteiger charge is 2.40. The van der Waals surface area contributed by atoms with E-state index in [9.17, 15) is 10.1 Å². The highest BCUT2D eigenvalue weighted by molar-refractivity contribution is 9.10. The molecule has 2 aromatic rings. The van der Waals surface area contributed by atoms with Gasteiger partial charge in [-0.2, -0.15) is 5.26 Å². The number of aromatic nitrogens is 1. The predicted octanol–water partition coefficient (Wildman–Crippen LogP) is 3.91. The van der Waals surface area contributed by atoms with Crippen molar-refractivity contribution in [3.05, 3.63) is 33.8 Å². The zero-order valence-electron chi connectivity index (χ0n) is 12.1. The lowest BCUT2D eigenvalue weighted by atomic mass is 9.81. The number of anilines is 1. The van der Waals surface area contributed by atoms with Gasteiger partial charge < -0.3 is 10.1 Å². The lowest BCUT2D eigenvalue weighted by Gasteiger charge is -2.29. The number of carbonyl (C=O) groups excluding carboxylic acids is 1. The zero-order valence-corrected chi connectivity index (χ0v) is 14.4. The molecule has 1 aromatic heterocycles. The number of rotatable bonds is 2. The van der Waals surface area contributed by atoms with Crippen LogP contribution in [0.3, 0.4) is 0 Å². The third-order valence-corrected chi connectivity index (χ3v) is 4.99. The molecule has 5 nitrogen and oxygen atoms in total. The summed E-state index contributed by atoms with van der Waals surface area (Å²) in [5, 5.41) is 13.5. The zero-order chi connectivity index (χ0) is 16.4. The molecule has 1 aromatic carbocycles. The average Bonchev–Trinajstić information content (AvgIpc) is 2.59. The van der Waals surface area contributed by atoms with Gasteiger partial charge >= 0.3 is 0 Å². The summed E-state index contributed by atoms with van der Waals surface area (Å²) in [4.78, 5) is 16.9. The van der Waals surface area contributed by atoms with Crippen LogP contribution in [0.2, 0.25) is 5.02 Å². The maximum absolute atomic E-state index is 12.5. The van der Waals surface area contributed by atoms with Crippen LogP contribution in [-0.4, -0.2) is 24.1 Å². The van der Waals surface area contributed by atoms with Crippen LogP contribution in [0, 0.1) is 16.7 Å². The summed E-state index contributed by atoms with van der Waals surface area (Å²) in [5.74, 6) is 0.0323. The van der Waals surface area contributed by atoms with Crippen LogP contribution in [0.5, 0.6) is 0 Å². The van der Waals surface area contributed by atoms with Gasteiger partial charge in [0.25, 0.3) is 0 Å². The fourth-order valence-electron chi connectivity index (χ4n) is 2.56. The van der Waals surface area contributed by atoms with E-state index in [1.807, 2.05) is 12.1 Å². The van der Waals surface area contributed by atoms with Crippen LogP contribution in [0.4, 0.5) is 5.82 Å². The van der Waals surface area contributed by atoms with Crippen LogP contribution >= 0.6 is 27.5 Å². The Morgan fingerprint density at radius 3 is 2.78 bits per heavy atom. The molecule has 1 fully saturated rings. The van der Waals surface area contributed by atoms with Crippen molar-refractivity contribution in [3.63, 3.8) is 0 Å². The van der Waals surface area contributed by atoms with Crippen molar-refractivity contribution < 1.29 is 9.53 Å². The van der Waals surface area contributed by atoms with E-state index >= 15 is 0 Å². The highest BCUT2D eigenvalue weighted by atomic mass is 79.9. The minimum absolute atomic E-state index is 0.346. The molecule has 1 aliphatic heterocycles. The van der Waals surface area contributed by atoms with E-state index in [2.05, 4.69) is 32.3 Å². The molecule has 1 aliphatic rings. The van der Waals surface area contributed by atoms with Crippen molar-refractivity contribution >= 4 is 50.2 Å². The lowest BCUT2D eigenvalue weighted by molar-refractivity contribution is -0.126. The molecule has 1 saturated heterocycles. The number of amides is 1. The molecule has 0 saturated carbocycles. The van der Waals surface area contributed by atoms with Gasteiger partial charge in [0.2, 0.25) is 5.91 Å². The molecule has 0 spiro atoms. The number of carbonyl (C=O) groups is 1. The molecular weight excluding hydrogens is 382 g/mol. The summed E-state index contributed by atoms with van der Waals surface area (Å²) < 4.78 is 6.12. The van der Waals surface area contributed by atoms with Crippen LogP contribution in [0.1, 0.15) is 12.8 Å². The van der Waals surface area contributed by atoms with E-state index in [0.29, 0.717) is 42.4 Å². The van der Waals surface area contributed by atoms with Crippen molar-refractivity contribution in [2.45, 2.75) is 12.8 Å². The molecule has 118 valence electrons. The van der Waals surface area contributed by atoms with Crippen LogP contribution in [0.15, 0.2) is 28.7 Å². The summed E-state index contributed by atoms with van der Waals surface area (Å²) in [5.41, 5.74) is -0.465. The normalized spacial score (nSPS) is 16.7. The standard InChI is InChI=1S/C16H13BrClN3O2/c17-11-2-3-12(18)14-10(11)1-4-13(20-14)21-15(22)16(9-19)5-7-23-8-6-16/h1-4H,5-8H2,(H,20,21,22). The van der Waals surface area contributed by atoms with Gasteiger partial charge in [0.05, 0.1) is 16.6 Å². The smallest absolute Gasteiger partial charge is 0.246 e. The van der Waals surface area contributed by atoms with Gasteiger partial charge in [-0.15, -0.1) is 0 Å². The Bertz CT molecular complexity index is 813. The third kappa shape index (κ3) is 3.05. The number of nitrogens with zero attached hydrogens (tertiary/aromatic N) is 2. The third-order valence-electron chi connectivity index (χ3n) is 3.99. The summed E-state index contributed by atoms with van der Waals surface area (Å²) in [6, 6.07) is 9.25. The second kappa shape index (κ2) is 6.44. The Labute approximate surface area is 146 Å².